The molecule has 0 aromatic rings. The van der Waals surface area contributed by atoms with Crippen molar-refractivity contribution in [2.24, 2.45) is 0 Å². The maximum atomic E-state index is 12.2. The molecule has 0 aliphatic rings. The van der Waals surface area contributed by atoms with Crippen LogP contribution >= 0.6 is 11.6 Å². The number of ether oxygens (including phenoxy) is 2. The number of alkyl halides is 1. The molecule has 0 N–H and O–H groups in total. The summed E-state index contributed by atoms with van der Waals surface area (Å²) in [5.41, 5.74) is 0. The van der Waals surface area contributed by atoms with Gasteiger partial charge in [0.25, 0.3) is 0 Å². The van der Waals surface area contributed by atoms with Crippen LogP contribution in [0.15, 0.2) is 36.5 Å². The van der Waals surface area contributed by atoms with Crippen molar-refractivity contribution < 1.29 is 19.1 Å². The van der Waals surface area contributed by atoms with Gasteiger partial charge in [-0.1, -0.05) is 134 Å². The molecule has 1 atom stereocenters. The maximum Gasteiger partial charge on any atom is 0.306 e. The smallest absolute Gasteiger partial charge is 0.306 e. The highest BCUT2D eigenvalue weighted by molar-refractivity contribution is 6.18. The molecule has 0 saturated carbocycles. The van der Waals surface area contributed by atoms with Crippen LogP contribution in [0.3, 0.4) is 0 Å². The first-order valence-electron chi connectivity index (χ1n) is 18.5. The zero-order valence-electron chi connectivity index (χ0n) is 28.9. The maximum absolute atomic E-state index is 12.2. The molecule has 44 heavy (non-hydrogen) atoms. The van der Waals surface area contributed by atoms with Crippen molar-refractivity contribution in [2.45, 2.75) is 187 Å². The number of hydrogen-bond donors (Lipinski definition) is 0. The van der Waals surface area contributed by atoms with Gasteiger partial charge in [0.1, 0.15) is 12.7 Å². The van der Waals surface area contributed by atoms with Gasteiger partial charge in [-0.25, -0.2) is 0 Å². The molecule has 0 amide bonds. The standard InChI is InChI=1S/C39H69ClO4/c1-3-5-7-9-11-13-15-17-19-21-23-25-27-29-31-33-38(41)43-36-37(35-40)44-39(42)34-32-30-28-26-24-22-20-18-16-14-12-10-8-6-4-2/h11,13,17-20,37H,3-10,12,14-16,21-36H2,1-2H3/b13-11-,19-17-,20-18-. The lowest BCUT2D eigenvalue weighted by Crippen LogP contribution is -2.26. The van der Waals surface area contributed by atoms with E-state index in [4.69, 9.17) is 21.1 Å². The fraction of sp³-hybridized carbons (Fsp3) is 0.795. The van der Waals surface area contributed by atoms with Crippen molar-refractivity contribution in [3.05, 3.63) is 36.5 Å². The topological polar surface area (TPSA) is 52.6 Å². The average molecular weight is 637 g/mol. The molecule has 0 radical (unpaired) electrons. The molecule has 4 nitrogen and oxygen atoms in total. The number of halogens is 1. The van der Waals surface area contributed by atoms with E-state index in [2.05, 4.69) is 50.3 Å². The van der Waals surface area contributed by atoms with Crippen molar-refractivity contribution in [3.63, 3.8) is 0 Å². The van der Waals surface area contributed by atoms with Crippen LogP contribution in [-0.4, -0.2) is 30.5 Å². The Balaban J connectivity index is 3.61. The third-order valence-corrected chi connectivity index (χ3v) is 8.22. The molecule has 0 aromatic heterocycles. The van der Waals surface area contributed by atoms with Crippen molar-refractivity contribution in [1.29, 1.82) is 0 Å². The van der Waals surface area contributed by atoms with Gasteiger partial charge in [0.15, 0.2) is 0 Å². The fourth-order valence-corrected chi connectivity index (χ4v) is 5.19. The van der Waals surface area contributed by atoms with Crippen LogP contribution in [0.1, 0.15) is 181 Å². The number of esters is 2. The van der Waals surface area contributed by atoms with Crippen LogP contribution < -0.4 is 0 Å². The third-order valence-electron chi connectivity index (χ3n) is 7.87. The normalized spacial score (nSPS) is 12.5. The minimum Gasteiger partial charge on any atom is -0.462 e. The van der Waals surface area contributed by atoms with E-state index < -0.39 is 6.10 Å². The number of allylic oxidation sites excluding steroid dienone is 6. The summed E-state index contributed by atoms with van der Waals surface area (Å²) in [4.78, 5) is 24.3. The summed E-state index contributed by atoms with van der Waals surface area (Å²) in [7, 11) is 0. The minimum absolute atomic E-state index is 0.0424. The summed E-state index contributed by atoms with van der Waals surface area (Å²) in [5.74, 6) is -0.355. The summed E-state index contributed by atoms with van der Waals surface area (Å²) < 4.78 is 10.8. The highest BCUT2D eigenvalue weighted by Gasteiger charge is 2.16. The van der Waals surface area contributed by atoms with Gasteiger partial charge in [-0.2, -0.15) is 0 Å². The van der Waals surface area contributed by atoms with Gasteiger partial charge in [-0.05, 0) is 70.6 Å². The first-order chi connectivity index (χ1) is 21.6. The highest BCUT2D eigenvalue weighted by Crippen LogP contribution is 2.12. The molecule has 1 unspecified atom stereocenters. The molecular weight excluding hydrogens is 568 g/mol. The van der Waals surface area contributed by atoms with Gasteiger partial charge < -0.3 is 9.47 Å². The SMILES string of the molecule is CCCCC/C=C\C/C=C\CCCCCCCC(=O)OCC(CCl)OC(=O)CCCCCCC/C=C\CCCCCCCC. The number of hydrogen-bond acceptors (Lipinski definition) is 4. The monoisotopic (exact) mass is 636 g/mol. The Labute approximate surface area is 277 Å². The second kappa shape index (κ2) is 35.9. The van der Waals surface area contributed by atoms with Gasteiger partial charge >= 0.3 is 11.9 Å². The van der Waals surface area contributed by atoms with Gasteiger partial charge in [0.05, 0.1) is 5.88 Å². The van der Waals surface area contributed by atoms with Crippen LogP contribution in [-0.2, 0) is 19.1 Å². The summed E-state index contributed by atoms with van der Waals surface area (Å²) in [6.07, 6.45) is 42.6. The largest absolute Gasteiger partial charge is 0.462 e. The molecule has 0 bridgehead atoms. The number of unbranched alkanes of at least 4 members (excludes halogenated alkanes) is 19. The molecule has 0 heterocycles. The van der Waals surface area contributed by atoms with E-state index in [1.165, 1.54) is 96.3 Å². The molecule has 256 valence electrons. The zero-order chi connectivity index (χ0) is 32.2. The molecule has 5 heteroatoms. The Morgan fingerprint density at radius 3 is 1.41 bits per heavy atom. The van der Waals surface area contributed by atoms with Crippen molar-refractivity contribution in [2.75, 3.05) is 12.5 Å². The Bertz CT molecular complexity index is 715. The van der Waals surface area contributed by atoms with Crippen LogP contribution in [0.5, 0.6) is 0 Å². The lowest BCUT2D eigenvalue weighted by atomic mass is 10.1. The Kier molecular flexibility index (Phi) is 34.7. The average Bonchev–Trinajstić information content (AvgIpc) is 3.02. The van der Waals surface area contributed by atoms with Crippen molar-refractivity contribution in [3.8, 4) is 0 Å². The van der Waals surface area contributed by atoms with E-state index >= 15 is 0 Å². The van der Waals surface area contributed by atoms with Gasteiger partial charge in [-0.15, -0.1) is 11.6 Å². The third kappa shape index (κ3) is 33.3. The van der Waals surface area contributed by atoms with E-state index in [0.717, 1.165) is 57.8 Å². The summed E-state index contributed by atoms with van der Waals surface area (Å²) in [6.45, 7) is 4.54. The first-order valence-corrected chi connectivity index (χ1v) is 19.0. The molecule has 0 fully saturated rings. The first kappa shape index (κ1) is 42.5. The van der Waals surface area contributed by atoms with E-state index in [9.17, 15) is 9.59 Å². The molecule has 0 aromatic carbocycles. The van der Waals surface area contributed by atoms with Gasteiger partial charge in [0.2, 0.25) is 0 Å². The number of carbonyl (C=O) groups excluding carboxylic acids is 2. The van der Waals surface area contributed by atoms with E-state index in [1.54, 1.807) is 0 Å². The van der Waals surface area contributed by atoms with Gasteiger partial charge in [0, 0.05) is 12.8 Å². The van der Waals surface area contributed by atoms with Crippen LogP contribution in [0.25, 0.3) is 0 Å². The van der Waals surface area contributed by atoms with E-state index in [1.807, 2.05) is 0 Å². The summed E-state index contributed by atoms with van der Waals surface area (Å²) in [6, 6.07) is 0. The fourth-order valence-electron chi connectivity index (χ4n) is 5.03. The molecule has 0 spiro atoms. The van der Waals surface area contributed by atoms with E-state index in [0.29, 0.717) is 12.8 Å². The predicted molar refractivity (Wildman–Crippen MR) is 190 cm³/mol. The van der Waals surface area contributed by atoms with Crippen molar-refractivity contribution >= 4 is 23.5 Å². The number of rotatable bonds is 33. The summed E-state index contributed by atoms with van der Waals surface area (Å²) in [5, 5.41) is 0. The second-order valence-electron chi connectivity index (χ2n) is 12.3. The van der Waals surface area contributed by atoms with Gasteiger partial charge in [-0.3, -0.25) is 9.59 Å². The van der Waals surface area contributed by atoms with E-state index in [-0.39, 0.29) is 24.4 Å². The molecule has 0 aliphatic heterocycles. The predicted octanol–water partition coefficient (Wildman–Crippen LogP) is 12.5. The van der Waals surface area contributed by atoms with Crippen LogP contribution in [0.4, 0.5) is 0 Å². The zero-order valence-corrected chi connectivity index (χ0v) is 29.6. The Morgan fingerprint density at radius 1 is 0.523 bits per heavy atom. The Hall–Kier alpha value is -1.55. The lowest BCUT2D eigenvalue weighted by molar-refractivity contribution is -0.157. The summed E-state index contributed by atoms with van der Waals surface area (Å²) >= 11 is 5.96. The highest BCUT2D eigenvalue weighted by atomic mass is 35.5. The lowest BCUT2D eigenvalue weighted by Gasteiger charge is -2.15. The molecular formula is C39H69ClO4. The number of carbonyl (C=O) groups is 2. The van der Waals surface area contributed by atoms with Crippen molar-refractivity contribution in [1.82, 2.24) is 0 Å². The Morgan fingerprint density at radius 2 is 0.909 bits per heavy atom. The molecule has 0 rings (SSSR count). The second-order valence-corrected chi connectivity index (χ2v) is 12.6. The molecule has 0 saturated heterocycles. The van der Waals surface area contributed by atoms with Crippen LogP contribution in [0.2, 0.25) is 0 Å². The minimum atomic E-state index is -0.569. The molecule has 0 aliphatic carbocycles. The quantitative estimate of drug-likeness (QED) is 0.0311. The van der Waals surface area contributed by atoms with Crippen LogP contribution in [0, 0.1) is 0 Å².